The molecule has 21 heavy (non-hydrogen) atoms. The van der Waals surface area contributed by atoms with E-state index in [2.05, 4.69) is 34.5 Å². The van der Waals surface area contributed by atoms with Crippen molar-refractivity contribution in [1.82, 2.24) is 10.2 Å². The van der Waals surface area contributed by atoms with Crippen LogP contribution in [0.4, 0.5) is 0 Å². The summed E-state index contributed by atoms with van der Waals surface area (Å²) in [5, 5.41) is 3.27. The quantitative estimate of drug-likeness (QED) is 0.931. The first kappa shape index (κ1) is 14.9. The van der Waals surface area contributed by atoms with Crippen LogP contribution in [0, 0.1) is 5.92 Å². The van der Waals surface area contributed by atoms with Crippen LogP contribution in [-0.2, 0) is 11.2 Å². The molecule has 1 aromatic carbocycles. The molecule has 1 amide bonds. The Morgan fingerprint density at radius 2 is 2.10 bits per heavy atom. The Labute approximate surface area is 131 Å². The van der Waals surface area contributed by atoms with Crippen LogP contribution in [0.5, 0.6) is 0 Å². The van der Waals surface area contributed by atoms with Crippen molar-refractivity contribution in [2.75, 3.05) is 32.4 Å². The number of fused-ring (bicyclic) bond motifs is 1. The molecule has 1 atom stereocenters. The zero-order chi connectivity index (χ0) is 14.7. The van der Waals surface area contributed by atoms with Crippen molar-refractivity contribution in [3.63, 3.8) is 0 Å². The van der Waals surface area contributed by atoms with Gasteiger partial charge in [0.2, 0.25) is 5.91 Å². The molecule has 3 nitrogen and oxygen atoms in total. The fraction of sp³-hybridized carbons (Fsp3) is 0.588. The van der Waals surface area contributed by atoms with E-state index >= 15 is 0 Å². The van der Waals surface area contributed by atoms with Gasteiger partial charge in [0.15, 0.2) is 0 Å². The molecule has 1 saturated heterocycles. The normalized spacial score (nSPS) is 22.9. The largest absolute Gasteiger partial charge is 0.341 e. The number of amides is 1. The van der Waals surface area contributed by atoms with Crippen LogP contribution in [0.1, 0.15) is 29.2 Å². The van der Waals surface area contributed by atoms with Gasteiger partial charge in [-0.25, -0.2) is 0 Å². The van der Waals surface area contributed by atoms with Gasteiger partial charge in [-0.05, 0) is 55.7 Å². The Morgan fingerprint density at radius 1 is 1.33 bits per heavy atom. The first-order valence-corrected chi connectivity index (χ1v) is 8.97. The molecule has 0 saturated carbocycles. The summed E-state index contributed by atoms with van der Waals surface area (Å²) in [6, 6.07) is 8.45. The minimum Gasteiger partial charge on any atom is -0.341 e. The van der Waals surface area contributed by atoms with Crippen LogP contribution in [0.15, 0.2) is 24.3 Å². The number of nitrogens with zero attached hydrogens (tertiary/aromatic N) is 1. The Morgan fingerprint density at radius 3 is 2.86 bits per heavy atom. The predicted molar refractivity (Wildman–Crippen MR) is 88.6 cm³/mol. The second kappa shape index (κ2) is 6.84. The molecule has 1 aromatic rings. The summed E-state index contributed by atoms with van der Waals surface area (Å²) in [5.74, 6) is 2.12. The SMILES string of the molecule is CNCC1CCN(C(=O)C2SCCc3ccccc32)CC1. The van der Waals surface area contributed by atoms with Gasteiger partial charge in [0.05, 0.1) is 0 Å². The zero-order valence-electron chi connectivity index (χ0n) is 12.7. The van der Waals surface area contributed by atoms with Crippen molar-refractivity contribution in [1.29, 1.82) is 0 Å². The van der Waals surface area contributed by atoms with Gasteiger partial charge in [0.25, 0.3) is 0 Å². The summed E-state index contributed by atoms with van der Waals surface area (Å²) in [6.45, 7) is 2.91. The van der Waals surface area contributed by atoms with Gasteiger partial charge in [0, 0.05) is 13.1 Å². The van der Waals surface area contributed by atoms with Crippen LogP contribution < -0.4 is 5.32 Å². The summed E-state index contributed by atoms with van der Waals surface area (Å²) >= 11 is 1.82. The number of aryl methyl sites for hydroxylation is 1. The molecular weight excluding hydrogens is 280 g/mol. The standard InChI is InChI=1S/C17H24N2OS/c1-18-12-13-6-9-19(10-7-13)17(20)16-15-5-3-2-4-14(15)8-11-21-16/h2-5,13,16,18H,6-12H2,1H3. The lowest BCUT2D eigenvalue weighted by Gasteiger charge is -2.35. The minimum atomic E-state index is 0.0239. The Kier molecular flexibility index (Phi) is 4.86. The molecule has 114 valence electrons. The fourth-order valence-electron chi connectivity index (χ4n) is 3.41. The lowest BCUT2D eigenvalue weighted by atomic mass is 9.95. The third kappa shape index (κ3) is 3.27. The predicted octanol–water partition coefficient (Wildman–Crippen LogP) is 2.48. The van der Waals surface area contributed by atoms with E-state index in [0.717, 1.165) is 50.6 Å². The van der Waals surface area contributed by atoms with Gasteiger partial charge in [-0.1, -0.05) is 24.3 Å². The molecule has 4 heteroatoms. The van der Waals surface area contributed by atoms with Crippen LogP contribution in [0.25, 0.3) is 0 Å². The second-order valence-corrected chi connectivity index (χ2v) is 7.24. The molecule has 0 aromatic heterocycles. The molecule has 1 N–H and O–H groups in total. The van der Waals surface area contributed by atoms with E-state index < -0.39 is 0 Å². The maximum absolute atomic E-state index is 12.9. The van der Waals surface area contributed by atoms with Gasteiger partial charge in [-0.3, -0.25) is 4.79 Å². The van der Waals surface area contributed by atoms with Gasteiger partial charge < -0.3 is 10.2 Å². The lowest BCUT2D eigenvalue weighted by Crippen LogP contribution is -2.42. The number of carbonyl (C=O) groups excluding carboxylic acids is 1. The van der Waals surface area contributed by atoms with Crippen LogP contribution in [-0.4, -0.2) is 43.2 Å². The maximum Gasteiger partial charge on any atom is 0.240 e. The first-order valence-electron chi connectivity index (χ1n) is 7.92. The van der Waals surface area contributed by atoms with Gasteiger partial charge in [-0.15, -0.1) is 11.8 Å². The Bertz CT molecular complexity index is 497. The number of hydrogen-bond acceptors (Lipinski definition) is 3. The number of benzene rings is 1. The topological polar surface area (TPSA) is 32.3 Å². The number of carbonyl (C=O) groups is 1. The van der Waals surface area contributed by atoms with E-state index in [9.17, 15) is 4.79 Å². The van der Waals surface area contributed by atoms with Crippen molar-refractivity contribution >= 4 is 17.7 Å². The van der Waals surface area contributed by atoms with Crippen LogP contribution in [0.2, 0.25) is 0 Å². The average Bonchev–Trinajstić information content (AvgIpc) is 2.55. The summed E-state index contributed by atoms with van der Waals surface area (Å²) in [5.41, 5.74) is 2.61. The summed E-state index contributed by atoms with van der Waals surface area (Å²) in [6.07, 6.45) is 3.35. The first-order chi connectivity index (χ1) is 10.3. The van der Waals surface area contributed by atoms with E-state index in [4.69, 9.17) is 0 Å². The number of piperidine rings is 1. The summed E-state index contributed by atoms with van der Waals surface area (Å²) in [7, 11) is 2.01. The number of nitrogens with one attached hydrogen (secondary N) is 1. The third-order valence-electron chi connectivity index (χ3n) is 4.64. The molecule has 3 rings (SSSR count). The highest BCUT2D eigenvalue weighted by molar-refractivity contribution is 8.00. The van der Waals surface area contributed by atoms with Gasteiger partial charge in [-0.2, -0.15) is 0 Å². The summed E-state index contributed by atoms with van der Waals surface area (Å²) in [4.78, 5) is 15.0. The molecule has 2 heterocycles. The highest BCUT2D eigenvalue weighted by Gasteiger charge is 2.32. The zero-order valence-corrected chi connectivity index (χ0v) is 13.5. The Balaban J connectivity index is 1.67. The second-order valence-electron chi connectivity index (χ2n) is 6.03. The van der Waals surface area contributed by atoms with Crippen molar-refractivity contribution in [2.24, 2.45) is 5.92 Å². The number of thioether (sulfide) groups is 1. The summed E-state index contributed by atoms with van der Waals surface area (Å²) < 4.78 is 0. The smallest absolute Gasteiger partial charge is 0.240 e. The number of likely N-dealkylation sites (tertiary alicyclic amines) is 1. The van der Waals surface area contributed by atoms with Gasteiger partial charge in [0.1, 0.15) is 5.25 Å². The molecule has 0 bridgehead atoms. The van der Waals surface area contributed by atoms with E-state index in [1.807, 2.05) is 18.8 Å². The molecule has 0 spiro atoms. The number of hydrogen-bond donors (Lipinski definition) is 1. The molecule has 2 aliphatic heterocycles. The molecule has 0 aliphatic carbocycles. The van der Waals surface area contributed by atoms with Crippen molar-refractivity contribution in [3.05, 3.63) is 35.4 Å². The molecule has 1 fully saturated rings. The third-order valence-corrected chi connectivity index (χ3v) is 5.87. The van der Waals surface area contributed by atoms with Crippen molar-refractivity contribution in [2.45, 2.75) is 24.5 Å². The molecule has 2 aliphatic rings. The maximum atomic E-state index is 12.9. The van der Waals surface area contributed by atoms with E-state index in [0.29, 0.717) is 5.91 Å². The lowest BCUT2D eigenvalue weighted by molar-refractivity contribution is -0.132. The van der Waals surface area contributed by atoms with E-state index in [-0.39, 0.29) is 5.25 Å². The molecule has 1 unspecified atom stereocenters. The average molecular weight is 304 g/mol. The monoisotopic (exact) mass is 304 g/mol. The van der Waals surface area contributed by atoms with Crippen molar-refractivity contribution in [3.8, 4) is 0 Å². The molecule has 0 radical (unpaired) electrons. The Hall–Kier alpha value is -1.00. The van der Waals surface area contributed by atoms with E-state index in [1.165, 1.54) is 11.1 Å². The van der Waals surface area contributed by atoms with Crippen LogP contribution in [0.3, 0.4) is 0 Å². The fourth-order valence-corrected chi connectivity index (χ4v) is 4.69. The minimum absolute atomic E-state index is 0.0239. The van der Waals surface area contributed by atoms with E-state index in [1.54, 1.807) is 0 Å². The number of rotatable bonds is 3. The highest BCUT2D eigenvalue weighted by Crippen LogP contribution is 2.38. The van der Waals surface area contributed by atoms with Crippen LogP contribution >= 0.6 is 11.8 Å². The highest BCUT2D eigenvalue weighted by atomic mass is 32.2. The van der Waals surface area contributed by atoms with Gasteiger partial charge >= 0.3 is 0 Å². The van der Waals surface area contributed by atoms with Crippen molar-refractivity contribution < 1.29 is 4.79 Å². The molecular formula is C17H24N2OS.